The highest BCUT2D eigenvalue weighted by Crippen LogP contribution is 2.32. The van der Waals surface area contributed by atoms with E-state index in [0.29, 0.717) is 5.69 Å². The minimum absolute atomic E-state index is 0.104. The third-order valence-corrected chi connectivity index (χ3v) is 3.36. The van der Waals surface area contributed by atoms with Crippen molar-refractivity contribution >= 4 is 27.7 Å². The van der Waals surface area contributed by atoms with E-state index >= 15 is 0 Å². The number of halogens is 4. The summed E-state index contributed by atoms with van der Waals surface area (Å²) in [5, 5.41) is 2.47. The minimum Gasteiger partial charge on any atom is -0.307 e. The molecule has 0 unspecified atom stereocenters. The van der Waals surface area contributed by atoms with Crippen LogP contribution in [0.1, 0.15) is 21.6 Å². The number of anilines is 1. The second kappa shape index (κ2) is 5.85. The monoisotopic (exact) mass is 358 g/mol. The molecular weight excluding hydrogens is 349 g/mol. The molecule has 1 N–H and O–H groups in total. The molecule has 0 aliphatic heterocycles. The average molecular weight is 359 g/mol. The summed E-state index contributed by atoms with van der Waals surface area (Å²) in [7, 11) is 0. The molecule has 7 heteroatoms. The maximum absolute atomic E-state index is 12.7. The maximum Gasteiger partial charge on any atom is 0.416 e. The first-order chi connectivity index (χ1) is 9.77. The first-order valence-electron chi connectivity index (χ1n) is 5.89. The molecule has 0 fully saturated rings. The van der Waals surface area contributed by atoms with Crippen LogP contribution in [-0.2, 0) is 6.18 Å². The van der Waals surface area contributed by atoms with E-state index in [1.54, 1.807) is 25.1 Å². The van der Waals surface area contributed by atoms with Crippen LogP contribution in [0.3, 0.4) is 0 Å². The number of nitrogens with zero attached hydrogens (tertiary/aromatic N) is 1. The molecule has 0 radical (unpaired) electrons. The number of amides is 1. The summed E-state index contributed by atoms with van der Waals surface area (Å²) >= 11 is 3.08. The van der Waals surface area contributed by atoms with Crippen LogP contribution in [0.5, 0.6) is 0 Å². The lowest BCUT2D eigenvalue weighted by Crippen LogP contribution is -2.15. The van der Waals surface area contributed by atoms with Gasteiger partial charge in [0.05, 0.1) is 11.1 Å². The van der Waals surface area contributed by atoms with Crippen molar-refractivity contribution in [1.82, 2.24) is 4.98 Å². The molecule has 0 saturated carbocycles. The number of hydrogen-bond acceptors (Lipinski definition) is 2. The summed E-state index contributed by atoms with van der Waals surface area (Å²) in [5.74, 6) is -0.379. The molecule has 1 aromatic heterocycles. The van der Waals surface area contributed by atoms with Crippen LogP contribution in [0.25, 0.3) is 0 Å². The molecule has 21 heavy (non-hydrogen) atoms. The Balaban J connectivity index is 2.31. The zero-order chi connectivity index (χ0) is 15.6. The van der Waals surface area contributed by atoms with Crippen LogP contribution in [0, 0.1) is 6.92 Å². The van der Waals surface area contributed by atoms with Gasteiger partial charge in [0.2, 0.25) is 0 Å². The molecule has 110 valence electrons. The number of pyridine rings is 1. The number of alkyl halides is 3. The molecule has 0 bridgehead atoms. The smallest absolute Gasteiger partial charge is 0.307 e. The van der Waals surface area contributed by atoms with E-state index in [4.69, 9.17) is 0 Å². The Hall–Kier alpha value is -1.89. The first kappa shape index (κ1) is 15.5. The van der Waals surface area contributed by atoms with E-state index < -0.39 is 17.6 Å². The van der Waals surface area contributed by atoms with Gasteiger partial charge in [-0.15, -0.1) is 0 Å². The third kappa shape index (κ3) is 3.81. The molecule has 0 aliphatic carbocycles. The zero-order valence-electron chi connectivity index (χ0n) is 10.8. The molecule has 1 amide bonds. The summed E-state index contributed by atoms with van der Waals surface area (Å²) in [5.41, 5.74) is -0.294. The van der Waals surface area contributed by atoms with Gasteiger partial charge in [0.25, 0.3) is 5.91 Å². The van der Waals surface area contributed by atoms with Crippen LogP contribution < -0.4 is 5.32 Å². The molecule has 1 heterocycles. The molecule has 2 aromatic rings. The normalized spacial score (nSPS) is 11.3. The van der Waals surface area contributed by atoms with Crippen LogP contribution in [0.4, 0.5) is 19.0 Å². The van der Waals surface area contributed by atoms with E-state index in [9.17, 15) is 18.0 Å². The van der Waals surface area contributed by atoms with Gasteiger partial charge in [-0.25, -0.2) is 4.98 Å². The third-order valence-electron chi connectivity index (χ3n) is 2.67. The summed E-state index contributed by atoms with van der Waals surface area (Å²) in [4.78, 5) is 16.1. The Labute approximate surface area is 127 Å². The molecule has 0 saturated heterocycles. The highest BCUT2D eigenvalue weighted by molar-refractivity contribution is 9.10. The average Bonchev–Trinajstić information content (AvgIpc) is 2.37. The van der Waals surface area contributed by atoms with Gasteiger partial charge in [-0.1, -0.05) is 6.07 Å². The van der Waals surface area contributed by atoms with Gasteiger partial charge in [0.1, 0.15) is 5.82 Å². The van der Waals surface area contributed by atoms with Gasteiger partial charge in [-0.2, -0.15) is 13.2 Å². The van der Waals surface area contributed by atoms with Crippen LogP contribution in [0.2, 0.25) is 0 Å². The molecular formula is C14H10BrF3N2O. The molecule has 0 spiro atoms. The Morgan fingerprint density at radius 1 is 1.24 bits per heavy atom. The zero-order valence-corrected chi connectivity index (χ0v) is 12.4. The number of rotatable bonds is 2. The first-order valence-corrected chi connectivity index (χ1v) is 6.68. The Kier molecular flexibility index (Phi) is 4.32. The van der Waals surface area contributed by atoms with E-state index in [-0.39, 0.29) is 15.9 Å². The van der Waals surface area contributed by atoms with Gasteiger partial charge < -0.3 is 5.32 Å². The number of aryl methyl sites for hydroxylation is 1. The maximum atomic E-state index is 12.7. The fourth-order valence-electron chi connectivity index (χ4n) is 1.67. The fraction of sp³-hybridized carbons (Fsp3) is 0.143. The highest BCUT2D eigenvalue weighted by atomic mass is 79.9. The van der Waals surface area contributed by atoms with Gasteiger partial charge in [0, 0.05) is 10.2 Å². The van der Waals surface area contributed by atoms with Crippen LogP contribution >= 0.6 is 15.9 Å². The number of aromatic nitrogens is 1. The topological polar surface area (TPSA) is 42.0 Å². The molecule has 1 aromatic carbocycles. The minimum atomic E-state index is -4.50. The van der Waals surface area contributed by atoms with Crippen molar-refractivity contribution in [2.24, 2.45) is 0 Å². The number of carbonyl (C=O) groups is 1. The Morgan fingerprint density at radius 3 is 2.57 bits per heavy atom. The number of nitrogens with one attached hydrogen (secondary N) is 1. The fourth-order valence-corrected chi connectivity index (χ4v) is 2.10. The van der Waals surface area contributed by atoms with Crippen molar-refractivity contribution in [3.05, 3.63) is 57.7 Å². The number of benzene rings is 1. The van der Waals surface area contributed by atoms with E-state index in [2.05, 4.69) is 26.2 Å². The van der Waals surface area contributed by atoms with Gasteiger partial charge in [-0.3, -0.25) is 4.79 Å². The largest absolute Gasteiger partial charge is 0.416 e. The molecule has 3 nitrogen and oxygen atoms in total. The second-order valence-electron chi connectivity index (χ2n) is 4.31. The standard InChI is InChI=1S/C14H10BrF3N2O/c1-8-3-2-4-12(19-8)20-13(21)10-7-9(14(16,17)18)5-6-11(10)15/h2-7H,1H3,(H,19,20,21). The summed E-state index contributed by atoms with van der Waals surface area (Å²) in [6.45, 7) is 1.75. The van der Waals surface area contributed by atoms with Gasteiger partial charge >= 0.3 is 6.18 Å². The highest BCUT2D eigenvalue weighted by Gasteiger charge is 2.31. The predicted molar refractivity (Wildman–Crippen MR) is 76.1 cm³/mol. The van der Waals surface area contributed by atoms with Gasteiger partial charge in [-0.05, 0) is 53.2 Å². The van der Waals surface area contributed by atoms with E-state index in [1.165, 1.54) is 6.07 Å². The van der Waals surface area contributed by atoms with E-state index in [0.717, 1.165) is 12.1 Å². The molecule has 2 rings (SSSR count). The predicted octanol–water partition coefficient (Wildman–Crippen LogP) is 4.42. The van der Waals surface area contributed by atoms with Gasteiger partial charge in [0.15, 0.2) is 0 Å². The van der Waals surface area contributed by atoms with Crippen molar-refractivity contribution in [1.29, 1.82) is 0 Å². The van der Waals surface area contributed by atoms with Crippen molar-refractivity contribution in [3.8, 4) is 0 Å². The Bertz CT molecular complexity index is 686. The van der Waals surface area contributed by atoms with Crippen molar-refractivity contribution in [3.63, 3.8) is 0 Å². The SMILES string of the molecule is Cc1cccc(NC(=O)c2cc(C(F)(F)F)ccc2Br)n1. The van der Waals surface area contributed by atoms with E-state index in [1.807, 2.05) is 0 Å². The lowest BCUT2D eigenvalue weighted by molar-refractivity contribution is -0.137. The quantitative estimate of drug-likeness (QED) is 0.862. The number of carbonyl (C=O) groups excluding carboxylic acids is 1. The Morgan fingerprint density at radius 2 is 1.95 bits per heavy atom. The lowest BCUT2D eigenvalue weighted by Gasteiger charge is -2.11. The van der Waals surface area contributed by atoms with Crippen molar-refractivity contribution < 1.29 is 18.0 Å². The van der Waals surface area contributed by atoms with Crippen molar-refractivity contribution in [2.45, 2.75) is 13.1 Å². The van der Waals surface area contributed by atoms with Crippen molar-refractivity contribution in [2.75, 3.05) is 5.32 Å². The summed E-state index contributed by atoms with van der Waals surface area (Å²) < 4.78 is 38.3. The lowest BCUT2D eigenvalue weighted by atomic mass is 10.1. The molecule has 0 atom stereocenters. The van der Waals surface area contributed by atoms with Crippen LogP contribution in [0.15, 0.2) is 40.9 Å². The summed E-state index contributed by atoms with van der Waals surface area (Å²) in [6.07, 6.45) is -4.50. The van der Waals surface area contributed by atoms with Crippen LogP contribution in [-0.4, -0.2) is 10.9 Å². The molecule has 0 aliphatic rings. The number of hydrogen-bond donors (Lipinski definition) is 1. The summed E-state index contributed by atoms with van der Waals surface area (Å²) in [6, 6.07) is 7.91. The second-order valence-corrected chi connectivity index (χ2v) is 5.17.